The molecule has 6 heteroatoms. The number of fused-ring (bicyclic) bond motifs is 2. The van der Waals surface area contributed by atoms with Crippen molar-refractivity contribution in [1.29, 1.82) is 0 Å². The molecule has 5 nitrogen and oxygen atoms in total. The molecule has 0 saturated heterocycles. The van der Waals surface area contributed by atoms with E-state index in [9.17, 15) is 0 Å². The fourth-order valence-corrected chi connectivity index (χ4v) is 3.49. The van der Waals surface area contributed by atoms with E-state index in [1.165, 1.54) is 0 Å². The van der Waals surface area contributed by atoms with Gasteiger partial charge in [-0.2, -0.15) is 0 Å². The van der Waals surface area contributed by atoms with Crippen molar-refractivity contribution in [2.75, 3.05) is 13.2 Å². The molecule has 1 aliphatic heterocycles. The molecule has 0 fully saturated rings. The van der Waals surface area contributed by atoms with Gasteiger partial charge in [0.15, 0.2) is 0 Å². The van der Waals surface area contributed by atoms with Crippen molar-refractivity contribution in [3.8, 4) is 5.75 Å². The number of aromatic nitrogens is 2. The second kappa shape index (κ2) is 6.61. The van der Waals surface area contributed by atoms with Crippen LogP contribution in [0.3, 0.4) is 0 Å². The van der Waals surface area contributed by atoms with Crippen LogP contribution >= 0.6 is 0 Å². The van der Waals surface area contributed by atoms with E-state index in [1.54, 1.807) is 0 Å². The second-order valence-electron chi connectivity index (χ2n) is 7.12. The molecule has 2 aromatic heterocycles. The van der Waals surface area contributed by atoms with Crippen molar-refractivity contribution < 1.29 is 4.74 Å². The van der Waals surface area contributed by atoms with Gasteiger partial charge in [0.05, 0.1) is 0 Å². The Morgan fingerprint density at radius 1 is 1.27 bits per heavy atom. The quantitative estimate of drug-likeness (QED) is 0.707. The van der Waals surface area contributed by atoms with Crippen LogP contribution in [0, 0.1) is 0 Å². The third kappa shape index (κ3) is 3.01. The Bertz CT molecular complexity index is 963. The summed E-state index contributed by atoms with van der Waals surface area (Å²) in [7, 11) is 4.29. The minimum absolute atomic E-state index is 0.392. The molecule has 2 N–H and O–H groups in total. The summed E-state index contributed by atoms with van der Waals surface area (Å²) < 4.78 is 8.10. The molecule has 0 radical (unpaired) electrons. The van der Waals surface area contributed by atoms with Crippen LogP contribution < -0.4 is 15.4 Å². The Labute approximate surface area is 154 Å². The monoisotopic (exact) mass is 346 g/mol. The van der Waals surface area contributed by atoms with Crippen LogP contribution in [0.5, 0.6) is 5.75 Å². The first-order valence-corrected chi connectivity index (χ1v) is 8.92. The van der Waals surface area contributed by atoms with Crippen molar-refractivity contribution in [3.63, 3.8) is 0 Å². The predicted molar refractivity (Wildman–Crippen MR) is 106 cm³/mol. The number of hydrogen-bond donors (Lipinski definition) is 2. The topological polar surface area (TPSA) is 50.6 Å². The van der Waals surface area contributed by atoms with Gasteiger partial charge < -0.3 is 0 Å². The van der Waals surface area contributed by atoms with E-state index in [1.807, 2.05) is 24.5 Å². The van der Waals surface area contributed by atoms with Crippen LogP contribution in [0.2, 0.25) is 0 Å². The van der Waals surface area contributed by atoms with Gasteiger partial charge in [-0.25, -0.2) is 0 Å². The van der Waals surface area contributed by atoms with E-state index >= 15 is 0 Å². The first-order valence-electron chi connectivity index (χ1n) is 8.92. The van der Waals surface area contributed by atoms with Gasteiger partial charge in [0.25, 0.3) is 0 Å². The number of imidazole rings is 1. The zero-order chi connectivity index (χ0) is 18.1. The molecular weight excluding hydrogens is 323 g/mol. The molecule has 1 aliphatic rings. The van der Waals surface area contributed by atoms with Crippen molar-refractivity contribution in [3.05, 3.63) is 65.7 Å². The van der Waals surface area contributed by atoms with E-state index in [2.05, 4.69) is 65.6 Å². The van der Waals surface area contributed by atoms with Crippen molar-refractivity contribution >= 4 is 18.6 Å². The van der Waals surface area contributed by atoms with Gasteiger partial charge in [-0.3, -0.25) is 0 Å². The number of hydrogen-bond acceptors (Lipinski definition) is 4. The Balaban J connectivity index is 1.66. The summed E-state index contributed by atoms with van der Waals surface area (Å²) in [4.78, 5) is 4.63. The second-order valence-corrected chi connectivity index (χ2v) is 7.12. The Morgan fingerprint density at radius 3 is 3.04 bits per heavy atom. The molecule has 0 spiro atoms. The Morgan fingerprint density at radius 2 is 2.15 bits per heavy atom. The molecule has 0 saturated carbocycles. The van der Waals surface area contributed by atoms with E-state index in [4.69, 9.17) is 4.74 Å². The maximum atomic E-state index is 5.99. The van der Waals surface area contributed by atoms with E-state index in [0.29, 0.717) is 6.61 Å². The van der Waals surface area contributed by atoms with Crippen molar-refractivity contribution in [1.82, 2.24) is 20.0 Å². The van der Waals surface area contributed by atoms with Crippen LogP contribution in [-0.2, 0) is 12.1 Å². The average molecular weight is 346 g/mol. The molecule has 0 aliphatic carbocycles. The molecule has 3 aromatic rings. The van der Waals surface area contributed by atoms with Crippen LogP contribution in [-0.4, -0.2) is 35.6 Å². The van der Waals surface area contributed by atoms with Crippen molar-refractivity contribution in [2.45, 2.75) is 25.9 Å². The first kappa shape index (κ1) is 16.9. The van der Waals surface area contributed by atoms with Gasteiger partial charge in [-0.15, -0.1) is 0 Å². The Kier molecular flexibility index (Phi) is 4.28. The van der Waals surface area contributed by atoms with E-state index in [-0.39, 0.29) is 0 Å². The number of nitrogens with one attached hydrogen (secondary N) is 2. The van der Waals surface area contributed by atoms with Gasteiger partial charge >= 0.3 is 154 Å². The summed E-state index contributed by atoms with van der Waals surface area (Å²) in [6.45, 7) is 6.55. The first-order chi connectivity index (χ1) is 12.6. The molecule has 26 heavy (non-hydrogen) atoms. The minimum atomic E-state index is -0.392. The van der Waals surface area contributed by atoms with Gasteiger partial charge in [0.2, 0.25) is 0 Å². The number of pyridine rings is 1. The molecule has 0 bridgehead atoms. The summed E-state index contributed by atoms with van der Waals surface area (Å²) >= 11 is 0. The van der Waals surface area contributed by atoms with Crippen molar-refractivity contribution in [2.24, 2.45) is 0 Å². The molecule has 3 heterocycles. The summed E-state index contributed by atoms with van der Waals surface area (Å²) in [5.41, 5.74) is 3.68. The number of rotatable bonds is 4. The molecule has 0 amide bonds. The van der Waals surface area contributed by atoms with Gasteiger partial charge in [-0.05, 0) is 0 Å². The number of benzene rings is 1. The zero-order valence-corrected chi connectivity index (χ0v) is 15.2. The summed E-state index contributed by atoms with van der Waals surface area (Å²) in [6.07, 6.45) is 3.93. The Hall–Kier alpha value is -2.60. The third-order valence-corrected chi connectivity index (χ3v) is 4.72. The summed E-state index contributed by atoms with van der Waals surface area (Å²) in [5, 5.41) is 6.93. The van der Waals surface area contributed by atoms with Crippen LogP contribution in [0.4, 0.5) is 0 Å². The van der Waals surface area contributed by atoms with E-state index in [0.717, 1.165) is 46.9 Å². The molecule has 132 valence electrons. The molecule has 1 aromatic carbocycles. The summed E-state index contributed by atoms with van der Waals surface area (Å²) in [5.74, 6) is 1.86. The van der Waals surface area contributed by atoms with Gasteiger partial charge in [-0.1, -0.05) is 0 Å². The fraction of sp³-hybridized carbons (Fsp3) is 0.300. The SMILES string of the molecule is B=C(NC(C)(C)c1ncc2ccccn12)c1cccc2c1OCCNC2. The number of ether oxygens (including phenoxy) is 1. The van der Waals surface area contributed by atoms with E-state index < -0.39 is 5.54 Å². The maximum absolute atomic E-state index is 5.99. The van der Waals surface area contributed by atoms with Crippen LogP contribution in [0.1, 0.15) is 30.8 Å². The average Bonchev–Trinajstić information content (AvgIpc) is 2.92. The molecule has 4 rings (SSSR count). The van der Waals surface area contributed by atoms with Crippen LogP contribution in [0.25, 0.3) is 5.52 Å². The third-order valence-electron chi connectivity index (χ3n) is 4.72. The van der Waals surface area contributed by atoms with Gasteiger partial charge in [0.1, 0.15) is 0 Å². The standard InChI is InChI=1S/C20H23BN4O/c1-20(2,19-23-13-15-7-3-4-10-25(15)19)24-18(21)16-8-5-6-14-12-22-9-11-26-17(14)16/h3-8,10,13,21-22,24H,9,11-12H2,1-2H3. The molecule has 0 atom stereocenters. The van der Waals surface area contributed by atoms with Crippen LogP contribution in [0.15, 0.2) is 48.8 Å². The predicted octanol–water partition coefficient (Wildman–Crippen LogP) is 1.72. The molecule has 0 unspecified atom stereocenters. The summed E-state index contributed by atoms with van der Waals surface area (Å²) in [6, 6.07) is 12.3. The molecular formula is C20H23BN4O. The zero-order valence-electron chi connectivity index (χ0n) is 15.2. The van der Waals surface area contributed by atoms with Gasteiger partial charge in [0, 0.05) is 0 Å². The number of nitrogens with zero attached hydrogens (tertiary/aromatic N) is 2. The fourth-order valence-electron chi connectivity index (χ4n) is 3.49. The normalized spacial score (nSPS) is 14.3. The number of para-hydroxylation sites is 1.